The van der Waals surface area contributed by atoms with Gasteiger partial charge in [0.15, 0.2) is 0 Å². The molecule has 1 aliphatic rings. The summed E-state index contributed by atoms with van der Waals surface area (Å²) in [7, 11) is 0. The molecule has 4 N–H and O–H groups in total. The van der Waals surface area contributed by atoms with Crippen LogP contribution in [0.4, 0.5) is 0 Å². The summed E-state index contributed by atoms with van der Waals surface area (Å²) >= 11 is 0. The summed E-state index contributed by atoms with van der Waals surface area (Å²) in [6.07, 6.45) is -2.86. The Morgan fingerprint density at radius 2 is 2.00 bits per heavy atom. The molecule has 0 aromatic rings. The maximum Gasteiger partial charge on any atom is 0.110 e. The molecule has 14 heavy (non-hydrogen) atoms. The number of aliphatic hydroxyl groups excluding tert-OH is 4. The SMILES string of the molecule is [N-]=[N+]=NC1C=C(CO)[C@H](O)C(O)[C@@H]1O. The lowest BCUT2D eigenvalue weighted by Gasteiger charge is -2.31. The van der Waals surface area contributed by atoms with Crippen LogP contribution in [-0.2, 0) is 0 Å². The molecule has 0 aromatic heterocycles. The average molecular weight is 201 g/mol. The Morgan fingerprint density at radius 3 is 2.50 bits per heavy atom. The van der Waals surface area contributed by atoms with Crippen molar-refractivity contribution >= 4 is 0 Å². The van der Waals surface area contributed by atoms with Crippen LogP contribution >= 0.6 is 0 Å². The zero-order valence-electron chi connectivity index (χ0n) is 7.22. The standard InChI is InChI=1S/C7H11N3O4/c8-10-9-4-1-3(2-11)5(12)7(14)6(4)13/h1,4-7,11-14H,2H2/t4?,5-,6+,7?/m0/s1. The van der Waals surface area contributed by atoms with E-state index >= 15 is 0 Å². The van der Waals surface area contributed by atoms with Crippen LogP contribution < -0.4 is 0 Å². The smallest absolute Gasteiger partial charge is 0.110 e. The van der Waals surface area contributed by atoms with Crippen LogP contribution in [0.5, 0.6) is 0 Å². The summed E-state index contributed by atoms with van der Waals surface area (Å²) in [4.78, 5) is 2.48. The van der Waals surface area contributed by atoms with E-state index in [-0.39, 0.29) is 5.57 Å². The first-order chi connectivity index (χ1) is 6.61. The van der Waals surface area contributed by atoms with Gasteiger partial charge in [-0.3, -0.25) is 0 Å². The highest BCUT2D eigenvalue weighted by Gasteiger charge is 2.36. The van der Waals surface area contributed by atoms with Crippen LogP contribution in [-0.4, -0.2) is 51.4 Å². The molecular formula is C7H11N3O4. The van der Waals surface area contributed by atoms with Crippen molar-refractivity contribution in [2.24, 2.45) is 5.11 Å². The van der Waals surface area contributed by atoms with Crippen molar-refractivity contribution in [2.75, 3.05) is 6.61 Å². The van der Waals surface area contributed by atoms with Gasteiger partial charge in [0.05, 0.1) is 18.8 Å². The molecular weight excluding hydrogens is 190 g/mol. The number of nitrogens with zero attached hydrogens (tertiary/aromatic N) is 3. The van der Waals surface area contributed by atoms with Gasteiger partial charge < -0.3 is 20.4 Å². The molecule has 0 saturated heterocycles. The molecule has 0 spiro atoms. The Hall–Kier alpha value is -1.11. The summed E-state index contributed by atoms with van der Waals surface area (Å²) < 4.78 is 0. The third-order valence-corrected chi connectivity index (χ3v) is 2.16. The maximum absolute atomic E-state index is 9.35. The van der Waals surface area contributed by atoms with Gasteiger partial charge in [0.1, 0.15) is 12.2 Å². The van der Waals surface area contributed by atoms with Crippen LogP contribution in [0.15, 0.2) is 16.8 Å². The summed E-state index contributed by atoms with van der Waals surface area (Å²) in [5.41, 5.74) is 8.30. The summed E-state index contributed by atoms with van der Waals surface area (Å²) in [6.45, 7) is -0.456. The number of hydrogen-bond acceptors (Lipinski definition) is 5. The molecule has 1 aliphatic carbocycles. The largest absolute Gasteiger partial charge is 0.392 e. The molecule has 0 saturated carbocycles. The lowest BCUT2D eigenvalue weighted by molar-refractivity contribution is -0.0595. The quantitative estimate of drug-likeness (QED) is 0.191. The average Bonchev–Trinajstić information content (AvgIpc) is 2.19. The Morgan fingerprint density at radius 1 is 1.36 bits per heavy atom. The summed E-state index contributed by atoms with van der Waals surface area (Å²) in [6, 6.07) is -0.958. The summed E-state index contributed by atoms with van der Waals surface area (Å²) in [5.74, 6) is 0. The van der Waals surface area contributed by atoms with E-state index in [1.165, 1.54) is 6.08 Å². The minimum atomic E-state index is -1.45. The number of rotatable bonds is 2. The van der Waals surface area contributed by atoms with E-state index in [9.17, 15) is 15.3 Å². The van der Waals surface area contributed by atoms with E-state index in [1.54, 1.807) is 0 Å². The maximum atomic E-state index is 9.35. The van der Waals surface area contributed by atoms with Crippen molar-refractivity contribution in [1.29, 1.82) is 0 Å². The molecule has 0 amide bonds. The molecule has 78 valence electrons. The van der Waals surface area contributed by atoms with E-state index in [0.717, 1.165) is 0 Å². The van der Waals surface area contributed by atoms with Gasteiger partial charge in [-0.25, -0.2) is 0 Å². The highest BCUT2D eigenvalue weighted by atomic mass is 16.4. The van der Waals surface area contributed by atoms with E-state index in [2.05, 4.69) is 10.0 Å². The first kappa shape index (κ1) is 11.0. The molecule has 0 heterocycles. The molecule has 0 aromatic carbocycles. The molecule has 1 rings (SSSR count). The molecule has 0 bridgehead atoms. The number of hydrogen-bond donors (Lipinski definition) is 4. The first-order valence-electron chi connectivity index (χ1n) is 4.01. The summed E-state index contributed by atoms with van der Waals surface area (Å²) in [5, 5.41) is 40.0. The van der Waals surface area contributed by atoms with Gasteiger partial charge in [-0.1, -0.05) is 11.2 Å². The third kappa shape index (κ3) is 1.87. The molecule has 0 fully saturated rings. The first-order valence-corrected chi connectivity index (χ1v) is 4.01. The van der Waals surface area contributed by atoms with E-state index in [1.807, 2.05) is 0 Å². The molecule has 4 atom stereocenters. The van der Waals surface area contributed by atoms with Crippen LogP contribution in [0, 0.1) is 0 Å². The molecule has 2 unspecified atom stereocenters. The van der Waals surface area contributed by atoms with Gasteiger partial charge in [0, 0.05) is 4.91 Å². The van der Waals surface area contributed by atoms with Gasteiger partial charge in [0.25, 0.3) is 0 Å². The van der Waals surface area contributed by atoms with Gasteiger partial charge in [-0.05, 0) is 11.1 Å². The minimum absolute atomic E-state index is 0.139. The second kappa shape index (κ2) is 4.41. The Bertz CT molecular complexity index is 287. The molecule has 0 radical (unpaired) electrons. The van der Waals surface area contributed by atoms with Crippen molar-refractivity contribution in [2.45, 2.75) is 24.4 Å². The number of aliphatic hydroxyl groups is 4. The Balaban J connectivity index is 2.98. The fourth-order valence-electron chi connectivity index (χ4n) is 1.33. The second-order valence-corrected chi connectivity index (χ2v) is 3.02. The van der Waals surface area contributed by atoms with Gasteiger partial charge in [-0.15, -0.1) is 0 Å². The Labute approximate surface area is 79.5 Å². The Kier molecular flexibility index (Phi) is 3.45. The minimum Gasteiger partial charge on any atom is -0.392 e. The van der Waals surface area contributed by atoms with Gasteiger partial charge in [-0.2, -0.15) is 0 Å². The normalized spacial score (nSPS) is 37.3. The van der Waals surface area contributed by atoms with Crippen LogP contribution in [0.3, 0.4) is 0 Å². The zero-order valence-corrected chi connectivity index (χ0v) is 7.22. The van der Waals surface area contributed by atoms with Gasteiger partial charge in [0.2, 0.25) is 0 Å². The van der Waals surface area contributed by atoms with Crippen LogP contribution in [0.2, 0.25) is 0 Å². The fourth-order valence-corrected chi connectivity index (χ4v) is 1.33. The van der Waals surface area contributed by atoms with E-state index in [0.29, 0.717) is 0 Å². The van der Waals surface area contributed by atoms with E-state index in [4.69, 9.17) is 10.6 Å². The third-order valence-electron chi connectivity index (χ3n) is 2.16. The van der Waals surface area contributed by atoms with Crippen LogP contribution in [0.1, 0.15) is 0 Å². The zero-order chi connectivity index (χ0) is 10.7. The topological polar surface area (TPSA) is 130 Å². The van der Waals surface area contributed by atoms with Crippen molar-refractivity contribution in [1.82, 2.24) is 0 Å². The molecule has 7 heteroatoms. The van der Waals surface area contributed by atoms with Crippen molar-refractivity contribution in [3.05, 3.63) is 22.1 Å². The van der Waals surface area contributed by atoms with E-state index < -0.39 is 31.0 Å². The van der Waals surface area contributed by atoms with Crippen molar-refractivity contribution in [3.8, 4) is 0 Å². The fraction of sp³-hybridized carbons (Fsp3) is 0.714. The highest BCUT2D eigenvalue weighted by Crippen LogP contribution is 2.21. The molecule has 7 nitrogen and oxygen atoms in total. The van der Waals surface area contributed by atoms with Gasteiger partial charge >= 0.3 is 0 Å². The lowest BCUT2D eigenvalue weighted by atomic mass is 9.89. The number of azide groups is 1. The predicted molar refractivity (Wildman–Crippen MR) is 46.1 cm³/mol. The van der Waals surface area contributed by atoms with Crippen LogP contribution in [0.25, 0.3) is 10.4 Å². The second-order valence-electron chi connectivity index (χ2n) is 3.02. The monoisotopic (exact) mass is 201 g/mol. The predicted octanol–water partition coefficient (Wildman–Crippen LogP) is -1.32. The molecule has 0 aliphatic heterocycles. The van der Waals surface area contributed by atoms with Crippen molar-refractivity contribution in [3.63, 3.8) is 0 Å². The lowest BCUT2D eigenvalue weighted by Crippen LogP contribution is -2.48. The van der Waals surface area contributed by atoms with Crippen molar-refractivity contribution < 1.29 is 20.4 Å². The highest BCUT2D eigenvalue weighted by molar-refractivity contribution is 5.21.